The Morgan fingerprint density at radius 2 is 1.58 bits per heavy atom. The molecule has 11 unspecified atom stereocenters. The van der Waals surface area contributed by atoms with Gasteiger partial charge >= 0.3 is 0 Å². The van der Waals surface area contributed by atoms with E-state index in [4.69, 9.17) is 9.47 Å². The monoisotopic (exact) mass is 462 g/mol. The molecule has 0 aromatic rings. The Bertz CT molecular complexity index is 646. The summed E-state index contributed by atoms with van der Waals surface area (Å²) in [6.07, 6.45) is 13.8. The van der Waals surface area contributed by atoms with Crippen LogP contribution in [0.3, 0.4) is 0 Å². The second-order valence-electron chi connectivity index (χ2n) is 13.4. The number of ether oxygens (including phenoxy) is 2. The summed E-state index contributed by atoms with van der Waals surface area (Å²) in [6.45, 7) is 17.2. The summed E-state index contributed by atoms with van der Waals surface area (Å²) in [5.41, 5.74) is 0.919. The SMILES string of the molecule is CCOC1CC2CC(OC(C)C)CCC2(C)C2CCC3(C)C(C(C)CCC(C)O)CCC3C12. The van der Waals surface area contributed by atoms with Gasteiger partial charge in [0.05, 0.1) is 24.4 Å². The molecule has 4 saturated carbocycles. The smallest absolute Gasteiger partial charge is 0.0611 e. The van der Waals surface area contributed by atoms with Gasteiger partial charge in [-0.15, -0.1) is 0 Å². The van der Waals surface area contributed by atoms with E-state index in [1.165, 1.54) is 57.8 Å². The molecule has 3 nitrogen and oxygen atoms in total. The van der Waals surface area contributed by atoms with Crippen LogP contribution < -0.4 is 0 Å². The summed E-state index contributed by atoms with van der Waals surface area (Å²) in [7, 11) is 0. The van der Waals surface area contributed by atoms with Gasteiger partial charge in [0.1, 0.15) is 0 Å². The highest BCUT2D eigenvalue weighted by atomic mass is 16.5. The molecule has 0 amide bonds. The van der Waals surface area contributed by atoms with E-state index >= 15 is 0 Å². The van der Waals surface area contributed by atoms with E-state index in [-0.39, 0.29) is 6.10 Å². The molecule has 4 rings (SSSR count). The van der Waals surface area contributed by atoms with Crippen LogP contribution in [0.25, 0.3) is 0 Å². The van der Waals surface area contributed by atoms with Crippen LogP contribution in [0.1, 0.15) is 113 Å². The van der Waals surface area contributed by atoms with Crippen molar-refractivity contribution in [3.05, 3.63) is 0 Å². The van der Waals surface area contributed by atoms with Gasteiger partial charge in [-0.2, -0.15) is 0 Å². The van der Waals surface area contributed by atoms with Crippen molar-refractivity contribution in [1.82, 2.24) is 0 Å². The molecule has 0 spiro atoms. The summed E-state index contributed by atoms with van der Waals surface area (Å²) < 4.78 is 12.9. The van der Waals surface area contributed by atoms with Crippen LogP contribution in [0.2, 0.25) is 0 Å². The van der Waals surface area contributed by atoms with Crippen molar-refractivity contribution < 1.29 is 14.6 Å². The van der Waals surface area contributed by atoms with Crippen LogP contribution in [0.15, 0.2) is 0 Å². The molecule has 0 saturated heterocycles. The topological polar surface area (TPSA) is 38.7 Å². The van der Waals surface area contributed by atoms with Crippen molar-refractivity contribution in [2.75, 3.05) is 6.61 Å². The molecule has 3 heteroatoms. The molecule has 0 heterocycles. The maximum atomic E-state index is 9.87. The Morgan fingerprint density at radius 1 is 0.879 bits per heavy atom. The lowest BCUT2D eigenvalue weighted by Gasteiger charge is -2.63. The van der Waals surface area contributed by atoms with Crippen LogP contribution in [0.4, 0.5) is 0 Å². The predicted molar refractivity (Wildman–Crippen MR) is 136 cm³/mol. The molecule has 33 heavy (non-hydrogen) atoms. The Hall–Kier alpha value is -0.120. The molecule has 0 bridgehead atoms. The molecular weight excluding hydrogens is 408 g/mol. The molecule has 4 aliphatic carbocycles. The Kier molecular flexibility index (Phi) is 7.94. The largest absolute Gasteiger partial charge is 0.393 e. The molecule has 1 N–H and O–H groups in total. The average molecular weight is 463 g/mol. The highest BCUT2D eigenvalue weighted by molar-refractivity contribution is 5.12. The third-order valence-corrected chi connectivity index (χ3v) is 11.3. The van der Waals surface area contributed by atoms with Gasteiger partial charge in [-0.3, -0.25) is 0 Å². The van der Waals surface area contributed by atoms with E-state index in [0.29, 0.717) is 35.1 Å². The van der Waals surface area contributed by atoms with E-state index < -0.39 is 0 Å². The molecule has 4 fully saturated rings. The lowest BCUT2D eigenvalue weighted by Crippen LogP contribution is -2.59. The van der Waals surface area contributed by atoms with Crippen molar-refractivity contribution in [1.29, 1.82) is 0 Å². The van der Waals surface area contributed by atoms with Crippen molar-refractivity contribution in [3.63, 3.8) is 0 Å². The molecule has 0 aromatic heterocycles. The van der Waals surface area contributed by atoms with Crippen molar-refractivity contribution in [2.24, 2.45) is 46.3 Å². The normalized spacial score (nSPS) is 47.0. The lowest BCUT2D eigenvalue weighted by atomic mass is 9.43. The second-order valence-corrected chi connectivity index (χ2v) is 13.4. The lowest BCUT2D eigenvalue weighted by molar-refractivity contribution is -0.192. The first-order chi connectivity index (χ1) is 15.6. The highest BCUT2D eigenvalue weighted by Gasteiger charge is 2.63. The van der Waals surface area contributed by atoms with Crippen molar-refractivity contribution in [2.45, 2.75) is 137 Å². The van der Waals surface area contributed by atoms with E-state index in [0.717, 1.165) is 42.6 Å². The average Bonchev–Trinajstić information content (AvgIpc) is 3.10. The van der Waals surface area contributed by atoms with Crippen molar-refractivity contribution >= 4 is 0 Å². The first-order valence-electron chi connectivity index (χ1n) is 14.5. The third kappa shape index (κ3) is 4.82. The van der Waals surface area contributed by atoms with E-state index in [1.807, 2.05) is 6.92 Å². The van der Waals surface area contributed by atoms with Gasteiger partial charge in [0.25, 0.3) is 0 Å². The fraction of sp³-hybridized carbons (Fsp3) is 1.00. The molecule has 4 aliphatic rings. The Labute approximate surface area is 204 Å². The predicted octanol–water partition coefficient (Wildman–Crippen LogP) is 7.25. The van der Waals surface area contributed by atoms with Crippen LogP contribution in [0.5, 0.6) is 0 Å². The quantitative estimate of drug-likeness (QED) is 0.413. The van der Waals surface area contributed by atoms with Gasteiger partial charge in [-0.05, 0) is 138 Å². The number of rotatable bonds is 8. The Balaban J connectivity index is 1.55. The van der Waals surface area contributed by atoms with Crippen LogP contribution in [0, 0.1) is 46.3 Å². The van der Waals surface area contributed by atoms with Crippen LogP contribution >= 0.6 is 0 Å². The van der Waals surface area contributed by atoms with E-state index in [9.17, 15) is 5.11 Å². The summed E-state index contributed by atoms with van der Waals surface area (Å²) in [5.74, 6) is 4.64. The van der Waals surface area contributed by atoms with Gasteiger partial charge in [-0.1, -0.05) is 20.8 Å². The van der Waals surface area contributed by atoms with Gasteiger partial charge in [0.15, 0.2) is 0 Å². The zero-order chi connectivity index (χ0) is 24.0. The van der Waals surface area contributed by atoms with Gasteiger partial charge in [0.2, 0.25) is 0 Å². The molecule has 0 radical (unpaired) electrons. The minimum atomic E-state index is -0.166. The van der Waals surface area contributed by atoms with Crippen LogP contribution in [-0.2, 0) is 9.47 Å². The van der Waals surface area contributed by atoms with Gasteiger partial charge < -0.3 is 14.6 Å². The summed E-state index contributed by atoms with van der Waals surface area (Å²) in [6, 6.07) is 0. The number of hydrogen-bond donors (Lipinski definition) is 1. The standard InChI is InChI=1S/C30H54O3/c1-8-32-27-18-22-17-23(33-19(2)3)13-15-29(22,6)26-14-16-30(7)24(11-12-25(30)28(26)27)20(4)9-10-21(5)31/h19-28,31H,8-18H2,1-7H3. The summed E-state index contributed by atoms with van der Waals surface area (Å²) in [4.78, 5) is 0. The number of aliphatic hydroxyl groups is 1. The van der Waals surface area contributed by atoms with Gasteiger partial charge in [0, 0.05) is 6.61 Å². The van der Waals surface area contributed by atoms with Crippen LogP contribution in [-0.4, -0.2) is 36.1 Å². The maximum Gasteiger partial charge on any atom is 0.0611 e. The number of aliphatic hydroxyl groups excluding tert-OH is 1. The molecule has 192 valence electrons. The fourth-order valence-corrected chi connectivity index (χ4v) is 9.74. The molecule has 11 atom stereocenters. The zero-order valence-electron chi connectivity index (χ0n) is 22.8. The Morgan fingerprint density at radius 3 is 2.24 bits per heavy atom. The highest BCUT2D eigenvalue weighted by Crippen LogP contribution is 2.68. The molecule has 0 aliphatic heterocycles. The third-order valence-electron chi connectivity index (χ3n) is 11.3. The summed E-state index contributed by atoms with van der Waals surface area (Å²) in [5, 5.41) is 9.87. The first kappa shape index (κ1) is 26.0. The summed E-state index contributed by atoms with van der Waals surface area (Å²) >= 11 is 0. The molecule has 0 aromatic carbocycles. The van der Waals surface area contributed by atoms with E-state index in [2.05, 4.69) is 41.5 Å². The zero-order valence-corrected chi connectivity index (χ0v) is 22.8. The van der Waals surface area contributed by atoms with Crippen molar-refractivity contribution in [3.8, 4) is 0 Å². The minimum absolute atomic E-state index is 0.166. The second kappa shape index (κ2) is 10.1. The number of fused-ring (bicyclic) bond motifs is 5. The maximum absolute atomic E-state index is 9.87. The minimum Gasteiger partial charge on any atom is -0.393 e. The number of hydrogen-bond acceptors (Lipinski definition) is 3. The van der Waals surface area contributed by atoms with E-state index in [1.54, 1.807) is 0 Å². The van der Waals surface area contributed by atoms with Gasteiger partial charge in [-0.25, -0.2) is 0 Å². The first-order valence-corrected chi connectivity index (χ1v) is 14.5. The fourth-order valence-electron chi connectivity index (χ4n) is 9.74. The molecular formula is C30H54O3.